The molecule has 0 fully saturated rings. The second-order valence-electron chi connectivity index (χ2n) is 6.06. The van der Waals surface area contributed by atoms with Crippen LogP contribution in [0.25, 0.3) is 5.57 Å². The first-order chi connectivity index (χ1) is 12.1. The Labute approximate surface area is 146 Å². The Morgan fingerprint density at radius 2 is 1.76 bits per heavy atom. The third-order valence-electron chi connectivity index (χ3n) is 4.54. The molecule has 0 saturated carbocycles. The van der Waals surface area contributed by atoms with Gasteiger partial charge >= 0.3 is 0 Å². The van der Waals surface area contributed by atoms with Crippen molar-refractivity contribution in [3.63, 3.8) is 0 Å². The van der Waals surface area contributed by atoms with Crippen molar-refractivity contribution in [2.45, 2.75) is 25.9 Å². The van der Waals surface area contributed by atoms with Gasteiger partial charge in [-0.05, 0) is 66.3 Å². The SMILES string of the molecule is COc1ccc(CCC2=C(C)C(=O)C(F)C(c3ccncc3)=C2)cc1. The number of ether oxygens (including phenoxy) is 1. The molecule has 1 aliphatic rings. The molecule has 1 aromatic carbocycles. The summed E-state index contributed by atoms with van der Waals surface area (Å²) in [5.41, 5.74) is 3.67. The average molecular weight is 337 g/mol. The van der Waals surface area contributed by atoms with Gasteiger partial charge in [-0.15, -0.1) is 0 Å². The predicted molar refractivity (Wildman–Crippen MR) is 96.1 cm³/mol. The van der Waals surface area contributed by atoms with Crippen molar-refractivity contribution in [2.75, 3.05) is 7.11 Å². The monoisotopic (exact) mass is 337 g/mol. The van der Waals surface area contributed by atoms with E-state index in [0.717, 1.165) is 23.3 Å². The number of hydrogen-bond donors (Lipinski definition) is 0. The Morgan fingerprint density at radius 3 is 2.40 bits per heavy atom. The third-order valence-corrected chi connectivity index (χ3v) is 4.54. The summed E-state index contributed by atoms with van der Waals surface area (Å²) in [6.45, 7) is 1.71. The molecule has 0 N–H and O–H groups in total. The Kier molecular flexibility index (Phi) is 5.08. The van der Waals surface area contributed by atoms with Crippen molar-refractivity contribution in [2.24, 2.45) is 0 Å². The second-order valence-corrected chi connectivity index (χ2v) is 6.06. The van der Waals surface area contributed by atoms with Gasteiger partial charge in [-0.3, -0.25) is 9.78 Å². The molecule has 0 aliphatic heterocycles. The van der Waals surface area contributed by atoms with Crippen molar-refractivity contribution in [3.8, 4) is 5.75 Å². The van der Waals surface area contributed by atoms with E-state index in [1.54, 1.807) is 38.6 Å². The third kappa shape index (κ3) is 3.68. The van der Waals surface area contributed by atoms with E-state index in [0.29, 0.717) is 23.1 Å². The topological polar surface area (TPSA) is 39.2 Å². The van der Waals surface area contributed by atoms with Crippen LogP contribution in [0.3, 0.4) is 0 Å². The lowest BCUT2D eigenvalue weighted by Gasteiger charge is -2.21. The van der Waals surface area contributed by atoms with Crippen LogP contribution in [-0.4, -0.2) is 24.0 Å². The molecule has 0 bridgehead atoms. The summed E-state index contributed by atoms with van der Waals surface area (Å²) in [7, 11) is 1.63. The van der Waals surface area contributed by atoms with Crippen molar-refractivity contribution in [3.05, 3.63) is 77.1 Å². The first-order valence-corrected chi connectivity index (χ1v) is 8.23. The Bertz CT molecular complexity index is 823. The van der Waals surface area contributed by atoms with Crippen molar-refractivity contribution in [1.82, 2.24) is 4.98 Å². The highest BCUT2D eigenvalue weighted by Crippen LogP contribution is 2.32. The first-order valence-electron chi connectivity index (χ1n) is 8.23. The van der Waals surface area contributed by atoms with Gasteiger partial charge < -0.3 is 4.74 Å². The summed E-state index contributed by atoms with van der Waals surface area (Å²) in [5, 5.41) is 0. The zero-order chi connectivity index (χ0) is 17.8. The van der Waals surface area contributed by atoms with Gasteiger partial charge in [-0.2, -0.15) is 0 Å². The van der Waals surface area contributed by atoms with E-state index < -0.39 is 12.0 Å². The fourth-order valence-corrected chi connectivity index (χ4v) is 2.96. The molecule has 0 amide bonds. The van der Waals surface area contributed by atoms with Crippen LogP contribution in [-0.2, 0) is 11.2 Å². The maximum atomic E-state index is 14.5. The molecule has 128 valence electrons. The highest BCUT2D eigenvalue weighted by Gasteiger charge is 2.30. The molecule has 4 heteroatoms. The zero-order valence-corrected chi connectivity index (χ0v) is 14.3. The van der Waals surface area contributed by atoms with Crippen LogP contribution < -0.4 is 4.74 Å². The lowest BCUT2D eigenvalue weighted by molar-refractivity contribution is -0.118. The van der Waals surface area contributed by atoms with Gasteiger partial charge in [0.1, 0.15) is 5.75 Å². The lowest BCUT2D eigenvalue weighted by Crippen LogP contribution is -2.23. The molecule has 0 spiro atoms. The van der Waals surface area contributed by atoms with Crippen molar-refractivity contribution < 1.29 is 13.9 Å². The van der Waals surface area contributed by atoms with E-state index >= 15 is 0 Å². The number of aryl methyl sites for hydroxylation is 1. The summed E-state index contributed by atoms with van der Waals surface area (Å²) in [6, 6.07) is 11.3. The number of carbonyl (C=O) groups excluding carboxylic acids is 1. The zero-order valence-electron chi connectivity index (χ0n) is 14.3. The largest absolute Gasteiger partial charge is 0.497 e. The predicted octanol–water partition coefficient (Wildman–Crippen LogP) is 4.34. The first kappa shape index (κ1) is 17.1. The number of hydrogen-bond acceptors (Lipinski definition) is 3. The van der Waals surface area contributed by atoms with Crippen LogP contribution in [0, 0.1) is 0 Å². The maximum absolute atomic E-state index is 14.5. The van der Waals surface area contributed by atoms with E-state index in [-0.39, 0.29) is 0 Å². The molecule has 0 radical (unpaired) electrons. The molecule has 1 unspecified atom stereocenters. The molecule has 3 rings (SSSR count). The number of allylic oxidation sites excluding steroid dienone is 4. The Hall–Kier alpha value is -2.75. The molecule has 1 aliphatic carbocycles. The molecule has 3 nitrogen and oxygen atoms in total. The van der Waals surface area contributed by atoms with E-state index in [9.17, 15) is 9.18 Å². The Balaban J connectivity index is 1.83. The second kappa shape index (κ2) is 7.43. The summed E-state index contributed by atoms with van der Waals surface area (Å²) in [6.07, 6.45) is 4.89. The van der Waals surface area contributed by atoms with Gasteiger partial charge in [0.15, 0.2) is 12.0 Å². The molecule has 0 saturated heterocycles. The number of Topliss-reactive ketones (excluding diaryl/α,β-unsaturated/α-hetero) is 1. The van der Waals surface area contributed by atoms with Crippen molar-refractivity contribution in [1.29, 1.82) is 0 Å². The highest BCUT2D eigenvalue weighted by atomic mass is 19.1. The van der Waals surface area contributed by atoms with E-state index in [1.165, 1.54) is 0 Å². The van der Waals surface area contributed by atoms with Gasteiger partial charge in [-0.25, -0.2) is 4.39 Å². The van der Waals surface area contributed by atoms with Gasteiger partial charge in [0.2, 0.25) is 0 Å². The number of halogens is 1. The molecule has 1 heterocycles. The average Bonchev–Trinajstić information content (AvgIpc) is 2.67. The lowest BCUT2D eigenvalue weighted by atomic mass is 9.85. The van der Waals surface area contributed by atoms with E-state index in [2.05, 4.69) is 4.98 Å². The number of alkyl halides is 1. The van der Waals surface area contributed by atoms with Crippen molar-refractivity contribution >= 4 is 11.4 Å². The number of aromatic nitrogens is 1. The van der Waals surface area contributed by atoms with Gasteiger partial charge in [-0.1, -0.05) is 18.2 Å². The number of pyridine rings is 1. The minimum Gasteiger partial charge on any atom is -0.497 e. The minimum absolute atomic E-state index is 0.419. The Morgan fingerprint density at radius 1 is 1.08 bits per heavy atom. The summed E-state index contributed by atoms with van der Waals surface area (Å²) < 4.78 is 19.7. The number of nitrogens with zero attached hydrogens (tertiary/aromatic N) is 1. The number of carbonyl (C=O) groups is 1. The van der Waals surface area contributed by atoms with Crippen LogP contribution in [0.15, 0.2) is 66.0 Å². The van der Waals surface area contributed by atoms with Crippen LogP contribution in [0.4, 0.5) is 4.39 Å². The van der Waals surface area contributed by atoms with Gasteiger partial charge in [0.25, 0.3) is 0 Å². The highest BCUT2D eigenvalue weighted by molar-refractivity contribution is 6.09. The van der Waals surface area contributed by atoms with E-state index in [1.807, 2.05) is 30.3 Å². The summed E-state index contributed by atoms with van der Waals surface area (Å²) in [5.74, 6) is 0.367. The molecule has 25 heavy (non-hydrogen) atoms. The maximum Gasteiger partial charge on any atom is 0.197 e. The standard InChI is InChI=1S/C21H20FNO2/c1-14-17(6-3-15-4-7-18(25-2)8-5-15)13-19(20(22)21(14)24)16-9-11-23-12-10-16/h4-5,7-13,20H,3,6H2,1-2H3. The van der Waals surface area contributed by atoms with Crippen LogP contribution in [0.2, 0.25) is 0 Å². The molecule has 2 aromatic rings. The number of benzene rings is 1. The summed E-state index contributed by atoms with van der Waals surface area (Å²) >= 11 is 0. The smallest absolute Gasteiger partial charge is 0.197 e. The number of ketones is 1. The number of rotatable bonds is 5. The van der Waals surface area contributed by atoms with Crippen LogP contribution in [0.5, 0.6) is 5.75 Å². The molecular formula is C21H20FNO2. The summed E-state index contributed by atoms with van der Waals surface area (Å²) in [4.78, 5) is 16.3. The van der Waals surface area contributed by atoms with Gasteiger partial charge in [0, 0.05) is 18.0 Å². The molecule has 1 atom stereocenters. The van der Waals surface area contributed by atoms with Crippen LogP contribution >= 0.6 is 0 Å². The molecule has 1 aromatic heterocycles. The quantitative estimate of drug-likeness (QED) is 0.814. The fraction of sp³-hybridized carbons (Fsp3) is 0.238. The molecular weight excluding hydrogens is 317 g/mol. The number of methoxy groups -OCH3 is 1. The van der Waals surface area contributed by atoms with Crippen LogP contribution in [0.1, 0.15) is 24.5 Å². The minimum atomic E-state index is -1.60. The normalized spacial score (nSPS) is 17.5. The van der Waals surface area contributed by atoms with Gasteiger partial charge in [0.05, 0.1) is 7.11 Å². The van der Waals surface area contributed by atoms with E-state index in [4.69, 9.17) is 4.74 Å². The fourth-order valence-electron chi connectivity index (χ4n) is 2.96.